The highest BCUT2D eigenvalue weighted by atomic mass is 19.4. The maximum Gasteiger partial charge on any atom is 0.522 e. The van der Waals surface area contributed by atoms with Gasteiger partial charge in [-0.05, 0) is 49.7 Å². The van der Waals surface area contributed by atoms with Gasteiger partial charge in [0.15, 0.2) is 5.82 Å². The topological polar surface area (TPSA) is 112 Å². The smallest absolute Gasteiger partial charge is 0.457 e. The number of aromatic nitrogens is 6. The monoisotopic (exact) mass is 524 g/mol. The zero-order valence-electron chi connectivity index (χ0n) is 20.6. The maximum absolute atomic E-state index is 12.3. The summed E-state index contributed by atoms with van der Waals surface area (Å²) in [7, 11) is 1.93. The van der Waals surface area contributed by atoms with E-state index in [0.717, 1.165) is 22.3 Å². The van der Waals surface area contributed by atoms with Gasteiger partial charge in [0.1, 0.15) is 28.9 Å². The maximum atomic E-state index is 12.3. The number of alkyl halides is 3. The predicted octanol–water partition coefficient (Wildman–Crippen LogP) is 5.49. The van der Waals surface area contributed by atoms with Crippen molar-refractivity contribution in [3.05, 3.63) is 60.8 Å². The minimum absolute atomic E-state index is 0.124. The first kappa shape index (κ1) is 25.1. The lowest BCUT2D eigenvalue weighted by Gasteiger charge is -2.16. The van der Waals surface area contributed by atoms with E-state index in [4.69, 9.17) is 4.74 Å². The van der Waals surface area contributed by atoms with Crippen molar-refractivity contribution in [2.75, 3.05) is 17.2 Å². The van der Waals surface area contributed by atoms with Crippen LogP contribution < -0.4 is 15.4 Å². The van der Waals surface area contributed by atoms with Crippen LogP contribution in [0.4, 0.5) is 30.6 Å². The van der Waals surface area contributed by atoms with E-state index in [2.05, 4.69) is 40.3 Å². The molecule has 2 N–H and O–H groups in total. The Balaban J connectivity index is 1.32. The molecule has 0 saturated heterocycles. The van der Waals surface area contributed by atoms with Gasteiger partial charge in [-0.3, -0.25) is 4.74 Å². The summed E-state index contributed by atoms with van der Waals surface area (Å²) in [6, 6.07) is 10.6. The van der Waals surface area contributed by atoms with Crippen LogP contribution >= 0.6 is 0 Å². The lowest BCUT2D eigenvalue weighted by molar-refractivity contribution is -0.325. The summed E-state index contributed by atoms with van der Waals surface area (Å²) in [5.74, 6) is 1.89. The highest BCUT2D eigenvalue weighted by molar-refractivity contribution is 5.87. The number of aryl methyl sites for hydroxylation is 2. The second kappa shape index (κ2) is 10.1. The number of benzene rings is 2. The van der Waals surface area contributed by atoms with Crippen LogP contribution in [0.1, 0.15) is 12.5 Å². The molecule has 0 aliphatic rings. The number of rotatable bonds is 8. The Kier molecular flexibility index (Phi) is 6.68. The van der Waals surface area contributed by atoms with E-state index in [1.807, 2.05) is 54.9 Å². The molecule has 3 heterocycles. The van der Waals surface area contributed by atoms with Gasteiger partial charge in [-0.1, -0.05) is 0 Å². The molecule has 0 unspecified atom stereocenters. The molecule has 0 aliphatic heterocycles. The summed E-state index contributed by atoms with van der Waals surface area (Å²) in [6.07, 6.45) is -0.116. The van der Waals surface area contributed by atoms with Gasteiger partial charge in [-0.25, -0.2) is 24.9 Å². The van der Waals surface area contributed by atoms with E-state index < -0.39 is 19.0 Å². The van der Waals surface area contributed by atoms with Crippen LogP contribution in [0.3, 0.4) is 0 Å². The molecule has 0 bridgehead atoms. The van der Waals surface area contributed by atoms with Gasteiger partial charge in [0.25, 0.3) is 0 Å². The van der Waals surface area contributed by atoms with Crippen molar-refractivity contribution in [2.45, 2.75) is 26.3 Å². The van der Waals surface area contributed by atoms with Gasteiger partial charge in [0, 0.05) is 24.8 Å². The summed E-state index contributed by atoms with van der Waals surface area (Å²) in [5, 5.41) is 6.02. The van der Waals surface area contributed by atoms with Crippen LogP contribution in [0.15, 0.2) is 55.2 Å². The van der Waals surface area contributed by atoms with Gasteiger partial charge in [-0.2, -0.15) is 0 Å². The number of nitrogens with zero attached hydrogens (tertiary/aromatic N) is 6. The Morgan fingerprint density at radius 3 is 2.66 bits per heavy atom. The molecule has 0 fully saturated rings. The van der Waals surface area contributed by atoms with Gasteiger partial charge >= 0.3 is 6.36 Å². The van der Waals surface area contributed by atoms with E-state index in [9.17, 15) is 13.2 Å². The van der Waals surface area contributed by atoms with Gasteiger partial charge in [-0.15, -0.1) is 13.2 Å². The van der Waals surface area contributed by atoms with Crippen LogP contribution in [0, 0.1) is 6.92 Å². The van der Waals surface area contributed by atoms with Gasteiger partial charge < -0.3 is 19.9 Å². The van der Waals surface area contributed by atoms with Crippen LogP contribution in [0.5, 0.6) is 11.5 Å². The molecule has 3 aromatic heterocycles. The lowest BCUT2D eigenvalue weighted by Crippen LogP contribution is -2.27. The third-order valence-corrected chi connectivity index (χ3v) is 5.61. The van der Waals surface area contributed by atoms with Crippen LogP contribution in [-0.2, 0) is 11.8 Å². The summed E-state index contributed by atoms with van der Waals surface area (Å²) < 4.78 is 48.9. The number of hydrogen-bond donors (Lipinski definition) is 2. The molecule has 2 aromatic carbocycles. The first-order valence-corrected chi connectivity index (χ1v) is 11.6. The molecule has 5 aromatic rings. The largest absolute Gasteiger partial charge is 0.522 e. The number of hydrogen-bond acceptors (Lipinski definition) is 9. The van der Waals surface area contributed by atoms with Crippen LogP contribution in [0.25, 0.3) is 22.1 Å². The molecule has 0 spiro atoms. The number of nitrogens with one attached hydrogen (secondary N) is 2. The second-order valence-electron chi connectivity index (χ2n) is 8.67. The minimum atomic E-state index is -4.71. The molecular weight excluding hydrogens is 501 g/mol. The van der Waals surface area contributed by atoms with Gasteiger partial charge in [0.05, 0.1) is 30.2 Å². The zero-order chi connectivity index (χ0) is 26.9. The van der Waals surface area contributed by atoms with Crippen LogP contribution in [0.2, 0.25) is 0 Å². The molecule has 38 heavy (non-hydrogen) atoms. The normalized spacial score (nSPS) is 12.6. The Labute approximate surface area is 214 Å². The minimum Gasteiger partial charge on any atom is -0.457 e. The van der Waals surface area contributed by atoms with E-state index >= 15 is 0 Å². The summed E-state index contributed by atoms with van der Waals surface area (Å²) in [4.78, 5) is 21.3. The average Bonchev–Trinajstić information content (AvgIpc) is 3.24. The summed E-state index contributed by atoms with van der Waals surface area (Å²) in [5.41, 5.74) is 4.33. The summed E-state index contributed by atoms with van der Waals surface area (Å²) >= 11 is 0. The second-order valence-corrected chi connectivity index (χ2v) is 8.67. The number of imidazole rings is 1. The molecular formula is C25H23F3N8O2. The lowest BCUT2D eigenvalue weighted by atomic mass is 10.2. The zero-order valence-corrected chi connectivity index (χ0v) is 20.6. The predicted molar refractivity (Wildman–Crippen MR) is 135 cm³/mol. The van der Waals surface area contributed by atoms with Crippen molar-refractivity contribution < 1.29 is 22.6 Å². The quantitative estimate of drug-likeness (QED) is 0.272. The fourth-order valence-corrected chi connectivity index (χ4v) is 3.78. The van der Waals surface area contributed by atoms with E-state index in [0.29, 0.717) is 28.4 Å². The highest BCUT2D eigenvalue weighted by Gasteiger charge is 2.29. The molecule has 5 rings (SSSR count). The van der Waals surface area contributed by atoms with Crippen molar-refractivity contribution in [1.82, 2.24) is 29.5 Å². The average molecular weight is 525 g/mol. The molecule has 196 valence electrons. The number of halogens is 3. The van der Waals surface area contributed by atoms with Crippen molar-refractivity contribution >= 4 is 39.5 Å². The Morgan fingerprint density at radius 1 is 1.03 bits per heavy atom. The first-order chi connectivity index (χ1) is 18.1. The number of anilines is 3. The number of ether oxygens (including phenoxy) is 2. The molecule has 1 atom stereocenters. The molecule has 13 heteroatoms. The fraction of sp³-hybridized carbons (Fsp3) is 0.240. The Bertz CT molecular complexity index is 1610. The third-order valence-electron chi connectivity index (χ3n) is 5.61. The summed E-state index contributed by atoms with van der Waals surface area (Å²) in [6.45, 7) is 2.86. The molecule has 0 saturated carbocycles. The standard InChI is InChI=1S/C25H23F3N8O2/c1-14-8-16(4-7-21(14)38-17-5-6-20-18(9-17)32-13-36(20)3)34-23-22-19(30-12-31-23)10-29-24(35-22)33-15(2)11-37-25(26,27)28/h4-10,12-13,15H,11H2,1-3H3,(H,29,33,35)(H,30,31,34)/t15-/m0/s1. The fourth-order valence-electron chi connectivity index (χ4n) is 3.78. The molecule has 0 aliphatic carbocycles. The van der Waals surface area contributed by atoms with Crippen molar-refractivity contribution in [3.63, 3.8) is 0 Å². The van der Waals surface area contributed by atoms with E-state index in [-0.39, 0.29) is 5.95 Å². The molecule has 0 radical (unpaired) electrons. The SMILES string of the molecule is Cc1cc(Nc2ncnc3cnc(N[C@@H](C)COC(F)(F)F)nc23)ccc1Oc1ccc2c(c1)ncn2C. The third kappa shape index (κ3) is 5.72. The molecule has 10 nitrogen and oxygen atoms in total. The van der Waals surface area contributed by atoms with Gasteiger partial charge in [0.2, 0.25) is 5.95 Å². The van der Waals surface area contributed by atoms with Crippen molar-refractivity contribution in [2.24, 2.45) is 7.05 Å². The van der Waals surface area contributed by atoms with Crippen molar-refractivity contribution in [1.29, 1.82) is 0 Å². The van der Waals surface area contributed by atoms with Crippen molar-refractivity contribution in [3.8, 4) is 11.5 Å². The first-order valence-electron chi connectivity index (χ1n) is 11.6. The van der Waals surface area contributed by atoms with E-state index in [1.54, 1.807) is 6.33 Å². The Morgan fingerprint density at radius 2 is 1.87 bits per heavy atom. The molecule has 0 amide bonds. The number of fused-ring (bicyclic) bond motifs is 2. The van der Waals surface area contributed by atoms with E-state index in [1.165, 1.54) is 19.4 Å². The highest BCUT2D eigenvalue weighted by Crippen LogP contribution is 2.31. The Hall–Kier alpha value is -4.52. The van der Waals surface area contributed by atoms with Crippen LogP contribution in [-0.4, -0.2) is 48.5 Å².